The Morgan fingerprint density at radius 2 is 1.52 bits per heavy atom. The summed E-state index contributed by atoms with van der Waals surface area (Å²) in [6.45, 7) is 3.93. The molecule has 1 aromatic carbocycles. The maximum Gasteiger partial charge on any atom is 0.250 e. The van der Waals surface area contributed by atoms with Crippen LogP contribution in [0.2, 0.25) is 0 Å². The van der Waals surface area contributed by atoms with E-state index in [9.17, 15) is 0 Å². The number of rotatable bonds is 6. The van der Waals surface area contributed by atoms with E-state index in [-0.39, 0.29) is 0 Å². The number of anilines is 3. The van der Waals surface area contributed by atoms with Gasteiger partial charge in [-0.3, -0.25) is 0 Å². The van der Waals surface area contributed by atoms with Crippen LogP contribution in [0.4, 0.5) is 17.8 Å². The standard InChI is InChI=1S/C24H28BrN7O/c25-19-9-7-8-18(16-19)21-11-10-20(33-21)17-26-30-22-27-23(31-12-3-1-4-13-31)29-24(28-22)32-14-5-2-6-15-32/h7-11,16-17H,1-6,12-15H2,(H,27,28,29,30). The molecule has 9 heteroatoms. The third kappa shape index (κ3) is 5.52. The van der Waals surface area contributed by atoms with Crippen LogP contribution < -0.4 is 15.2 Å². The van der Waals surface area contributed by atoms with Gasteiger partial charge in [0.15, 0.2) is 0 Å². The van der Waals surface area contributed by atoms with Crippen molar-refractivity contribution >= 4 is 40.0 Å². The highest BCUT2D eigenvalue weighted by Gasteiger charge is 2.20. The maximum atomic E-state index is 5.92. The van der Waals surface area contributed by atoms with Crippen LogP contribution in [0.15, 0.2) is 50.4 Å². The van der Waals surface area contributed by atoms with Crippen LogP contribution in [0.1, 0.15) is 44.3 Å². The normalized spacial score (nSPS) is 17.0. The lowest BCUT2D eigenvalue weighted by atomic mass is 10.1. The molecule has 0 aliphatic carbocycles. The van der Waals surface area contributed by atoms with Crippen molar-refractivity contribution in [2.24, 2.45) is 5.10 Å². The van der Waals surface area contributed by atoms with Gasteiger partial charge in [0, 0.05) is 36.2 Å². The second kappa shape index (κ2) is 10.3. The SMILES string of the molecule is Brc1cccc(-c2ccc(C=NNc3nc(N4CCCCC4)nc(N4CCCCC4)n3)o2)c1. The molecule has 0 amide bonds. The Balaban J connectivity index is 1.33. The van der Waals surface area contributed by atoms with Crippen molar-refractivity contribution in [2.45, 2.75) is 38.5 Å². The third-order valence-electron chi connectivity index (χ3n) is 5.98. The number of hydrogen-bond acceptors (Lipinski definition) is 8. The summed E-state index contributed by atoms with van der Waals surface area (Å²) in [5.74, 6) is 3.37. The quantitative estimate of drug-likeness (QED) is 0.355. The van der Waals surface area contributed by atoms with E-state index in [0.717, 1.165) is 53.9 Å². The third-order valence-corrected chi connectivity index (χ3v) is 6.48. The predicted octanol–water partition coefficient (Wildman–Crippen LogP) is 5.32. The van der Waals surface area contributed by atoms with Gasteiger partial charge in [-0.1, -0.05) is 28.1 Å². The molecule has 8 nitrogen and oxygen atoms in total. The topological polar surface area (TPSA) is 82.7 Å². The number of nitrogens with one attached hydrogen (secondary N) is 1. The minimum Gasteiger partial charge on any atom is -0.455 e. The van der Waals surface area contributed by atoms with E-state index >= 15 is 0 Å². The van der Waals surface area contributed by atoms with E-state index in [2.05, 4.69) is 46.2 Å². The zero-order chi connectivity index (χ0) is 22.5. The van der Waals surface area contributed by atoms with E-state index in [4.69, 9.17) is 9.40 Å². The van der Waals surface area contributed by atoms with Gasteiger partial charge < -0.3 is 14.2 Å². The van der Waals surface area contributed by atoms with Gasteiger partial charge in [-0.2, -0.15) is 20.1 Å². The first kappa shape index (κ1) is 21.9. The van der Waals surface area contributed by atoms with Crippen LogP contribution in [0, 0.1) is 0 Å². The minimum atomic E-state index is 0.459. The highest BCUT2D eigenvalue weighted by atomic mass is 79.9. The Morgan fingerprint density at radius 1 is 0.848 bits per heavy atom. The number of furan rings is 1. The lowest BCUT2D eigenvalue weighted by Crippen LogP contribution is -2.34. The second-order valence-corrected chi connectivity index (χ2v) is 9.35. The number of hydrogen-bond donors (Lipinski definition) is 1. The zero-order valence-electron chi connectivity index (χ0n) is 18.6. The van der Waals surface area contributed by atoms with Gasteiger partial charge in [-0.15, -0.1) is 0 Å². The smallest absolute Gasteiger partial charge is 0.250 e. The first-order chi connectivity index (χ1) is 16.2. The summed E-state index contributed by atoms with van der Waals surface area (Å²) >= 11 is 3.50. The summed E-state index contributed by atoms with van der Waals surface area (Å²) in [7, 11) is 0. The molecule has 33 heavy (non-hydrogen) atoms. The number of piperidine rings is 2. The van der Waals surface area contributed by atoms with Crippen LogP contribution in [0.25, 0.3) is 11.3 Å². The average molecular weight is 510 g/mol. The van der Waals surface area contributed by atoms with E-state index in [0.29, 0.717) is 11.7 Å². The summed E-state index contributed by atoms with van der Waals surface area (Å²) in [4.78, 5) is 18.6. The molecule has 3 aromatic rings. The Labute approximate surface area is 202 Å². The number of halogens is 1. The van der Waals surface area contributed by atoms with E-state index in [1.54, 1.807) is 6.21 Å². The first-order valence-corrected chi connectivity index (χ1v) is 12.4. The summed E-state index contributed by atoms with van der Waals surface area (Å²) < 4.78 is 6.93. The molecule has 0 atom stereocenters. The molecule has 4 heterocycles. The largest absolute Gasteiger partial charge is 0.455 e. The molecule has 1 N–H and O–H groups in total. The average Bonchev–Trinajstić information content (AvgIpc) is 3.34. The number of hydrazone groups is 1. The minimum absolute atomic E-state index is 0.459. The molecular weight excluding hydrogens is 482 g/mol. The Kier molecular flexibility index (Phi) is 6.85. The molecule has 2 fully saturated rings. The molecule has 0 unspecified atom stereocenters. The van der Waals surface area contributed by atoms with Gasteiger partial charge in [0.2, 0.25) is 17.8 Å². The number of nitrogens with zero attached hydrogens (tertiary/aromatic N) is 6. The Bertz CT molecular complexity index is 1070. The van der Waals surface area contributed by atoms with Crippen molar-refractivity contribution < 1.29 is 4.42 Å². The molecule has 0 spiro atoms. The molecule has 172 valence electrons. The highest BCUT2D eigenvalue weighted by molar-refractivity contribution is 9.10. The van der Waals surface area contributed by atoms with Crippen molar-refractivity contribution in [3.05, 3.63) is 46.6 Å². The zero-order valence-corrected chi connectivity index (χ0v) is 20.2. The predicted molar refractivity (Wildman–Crippen MR) is 135 cm³/mol. The molecule has 5 rings (SSSR count). The van der Waals surface area contributed by atoms with E-state index < -0.39 is 0 Å². The van der Waals surface area contributed by atoms with Crippen molar-refractivity contribution in [3.8, 4) is 11.3 Å². The fourth-order valence-corrected chi connectivity index (χ4v) is 4.65. The van der Waals surface area contributed by atoms with Crippen LogP contribution in [-0.4, -0.2) is 47.3 Å². The van der Waals surface area contributed by atoms with E-state index in [1.165, 1.54) is 38.5 Å². The molecule has 2 aliphatic rings. The number of aromatic nitrogens is 3. The van der Waals surface area contributed by atoms with Crippen LogP contribution in [0.5, 0.6) is 0 Å². The Hall–Kier alpha value is -2.94. The van der Waals surface area contributed by atoms with Gasteiger partial charge in [0.05, 0.1) is 6.21 Å². The van der Waals surface area contributed by atoms with Crippen LogP contribution in [0.3, 0.4) is 0 Å². The lowest BCUT2D eigenvalue weighted by Gasteiger charge is -2.30. The highest BCUT2D eigenvalue weighted by Crippen LogP contribution is 2.25. The monoisotopic (exact) mass is 509 g/mol. The van der Waals surface area contributed by atoms with Crippen molar-refractivity contribution in [1.82, 2.24) is 15.0 Å². The second-order valence-electron chi connectivity index (χ2n) is 8.44. The van der Waals surface area contributed by atoms with Crippen LogP contribution in [-0.2, 0) is 0 Å². The molecular formula is C24H28BrN7O. The molecule has 2 saturated heterocycles. The van der Waals surface area contributed by atoms with Crippen LogP contribution >= 0.6 is 15.9 Å². The first-order valence-electron chi connectivity index (χ1n) is 11.7. The fourth-order valence-electron chi connectivity index (χ4n) is 4.25. The van der Waals surface area contributed by atoms with Crippen molar-refractivity contribution in [1.29, 1.82) is 0 Å². The summed E-state index contributed by atoms with van der Waals surface area (Å²) in [6, 6.07) is 11.8. The molecule has 0 radical (unpaired) electrons. The van der Waals surface area contributed by atoms with Gasteiger partial charge in [-0.05, 0) is 62.8 Å². The maximum absolute atomic E-state index is 5.92. The van der Waals surface area contributed by atoms with Gasteiger partial charge in [0.1, 0.15) is 11.5 Å². The number of benzene rings is 1. The molecule has 0 saturated carbocycles. The molecule has 2 aromatic heterocycles. The van der Waals surface area contributed by atoms with Gasteiger partial charge in [0.25, 0.3) is 0 Å². The Morgan fingerprint density at radius 3 is 2.15 bits per heavy atom. The fraction of sp³-hybridized carbons (Fsp3) is 0.417. The van der Waals surface area contributed by atoms with Crippen molar-refractivity contribution in [2.75, 3.05) is 41.4 Å². The molecule has 2 aliphatic heterocycles. The van der Waals surface area contributed by atoms with E-state index in [1.807, 2.05) is 36.4 Å². The summed E-state index contributed by atoms with van der Waals surface area (Å²) in [5.41, 5.74) is 4.00. The molecule has 0 bridgehead atoms. The van der Waals surface area contributed by atoms with Gasteiger partial charge in [-0.25, -0.2) is 5.43 Å². The summed E-state index contributed by atoms with van der Waals surface area (Å²) in [5, 5.41) is 4.34. The van der Waals surface area contributed by atoms with Gasteiger partial charge >= 0.3 is 0 Å². The summed E-state index contributed by atoms with van der Waals surface area (Å²) in [6.07, 6.45) is 8.86. The van der Waals surface area contributed by atoms with Crippen molar-refractivity contribution in [3.63, 3.8) is 0 Å². The lowest BCUT2D eigenvalue weighted by molar-refractivity contribution is 0.556.